The number of carbonyl (C=O) groups is 1. The van der Waals surface area contributed by atoms with E-state index in [-0.39, 0.29) is 17.6 Å². The fraction of sp³-hybridized carbons (Fsp3) is 0.611. The Kier molecular flexibility index (Phi) is 5.96. The summed E-state index contributed by atoms with van der Waals surface area (Å²) in [5, 5.41) is 0. The Morgan fingerprint density at radius 2 is 1.68 bits per heavy atom. The largest absolute Gasteiger partial charge is 0.382 e. The monoisotopic (exact) mass is 366 g/mol. The minimum absolute atomic E-state index is 0.0432. The Morgan fingerprint density at radius 3 is 2.32 bits per heavy atom. The maximum atomic E-state index is 12.4. The van der Waals surface area contributed by atoms with Crippen molar-refractivity contribution in [3.05, 3.63) is 30.3 Å². The molecule has 0 radical (unpaired) electrons. The van der Waals surface area contributed by atoms with Crippen LogP contribution in [-0.4, -0.2) is 62.6 Å². The third-order valence-electron chi connectivity index (χ3n) is 5.01. The van der Waals surface area contributed by atoms with Crippen molar-refractivity contribution in [2.45, 2.75) is 25.7 Å². The second kappa shape index (κ2) is 8.19. The van der Waals surface area contributed by atoms with Gasteiger partial charge in [-0.1, -0.05) is 31.0 Å². The highest BCUT2D eigenvalue weighted by Gasteiger charge is 2.29. The van der Waals surface area contributed by atoms with E-state index >= 15 is 0 Å². The second-order valence-corrected chi connectivity index (χ2v) is 8.50. The lowest BCUT2D eigenvalue weighted by Gasteiger charge is -2.35. The predicted molar refractivity (Wildman–Crippen MR) is 95.8 cm³/mol. The number of hydrogen-bond acceptors (Lipinski definition) is 5. The molecule has 0 aromatic heterocycles. The van der Waals surface area contributed by atoms with E-state index in [2.05, 4.69) is 4.90 Å². The Labute approximate surface area is 149 Å². The van der Waals surface area contributed by atoms with Crippen LogP contribution in [0.4, 0.5) is 0 Å². The Bertz CT molecular complexity index is 664. The molecule has 25 heavy (non-hydrogen) atoms. The van der Waals surface area contributed by atoms with Crippen LogP contribution in [0.25, 0.3) is 0 Å². The molecule has 0 unspecified atom stereocenters. The summed E-state index contributed by atoms with van der Waals surface area (Å²) in [6.45, 7) is 3.25. The molecule has 138 valence electrons. The molecule has 6 nitrogen and oxygen atoms in total. The summed E-state index contributed by atoms with van der Waals surface area (Å²) >= 11 is 0. The molecule has 0 atom stereocenters. The Morgan fingerprint density at radius 1 is 1.04 bits per heavy atom. The lowest BCUT2D eigenvalue weighted by Crippen LogP contribution is -2.51. The van der Waals surface area contributed by atoms with Crippen LogP contribution < -0.4 is 4.18 Å². The molecule has 3 rings (SSSR count). The van der Waals surface area contributed by atoms with Crippen LogP contribution in [0.2, 0.25) is 0 Å². The lowest BCUT2D eigenvalue weighted by molar-refractivity contribution is -0.137. The number of amides is 1. The van der Waals surface area contributed by atoms with Gasteiger partial charge in [0.2, 0.25) is 5.91 Å². The molecule has 1 saturated carbocycles. The maximum absolute atomic E-state index is 12.4. The number of hydrogen-bond donors (Lipinski definition) is 0. The summed E-state index contributed by atoms with van der Waals surface area (Å²) in [6.07, 6.45) is 4.37. The Balaban J connectivity index is 1.42. The van der Waals surface area contributed by atoms with Gasteiger partial charge in [-0.3, -0.25) is 9.69 Å². The van der Waals surface area contributed by atoms with Gasteiger partial charge in [0.25, 0.3) is 0 Å². The van der Waals surface area contributed by atoms with Gasteiger partial charge in [0, 0.05) is 38.6 Å². The number of rotatable bonds is 6. The van der Waals surface area contributed by atoms with E-state index in [1.807, 2.05) is 11.0 Å². The van der Waals surface area contributed by atoms with Gasteiger partial charge in [0.15, 0.2) is 0 Å². The molecule has 1 heterocycles. The van der Waals surface area contributed by atoms with Crippen LogP contribution >= 0.6 is 0 Å². The standard InChI is InChI=1S/C18H26N2O4S/c21-18(16-6-4-5-7-16)20-12-10-19(11-13-20)14-15-25(22,23)24-17-8-2-1-3-9-17/h1-3,8-9,16H,4-7,10-15H2. The summed E-state index contributed by atoms with van der Waals surface area (Å²) < 4.78 is 29.3. The van der Waals surface area contributed by atoms with Crippen LogP contribution in [0.1, 0.15) is 25.7 Å². The minimum Gasteiger partial charge on any atom is -0.382 e. The summed E-state index contributed by atoms with van der Waals surface area (Å²) in [4.78, 5) is 16.5. The Hall–Kier alpha value is -1.60. The molecular weight excluding hydrogens is 340 g/mol. The quantitative estimate of drug-likeness (QED) is 0.718. The molecule has 7 heteroatoms. The van der Waals surface area contributed by atoms with Gasteiger partial charge in [-0.2, -0.15) is 8.42 Å². The van der Waals surface area contributed by atoms with Gasteiger partial charge >= 0.3 is 10.1 Å². The van der Waals surface area contributed by atoms with Crippen LogP contribution in [0.5, 0.6) is 5.75 Å². The van der Waals surface area contributed by atoms with E-state index in [1.165, 1.54) is 0 Å². The van der Waals surface area contributed by atoms with Gasteiger partial charge in [-0.25, -0.2) is 0 Å². The van der Waals surface area contributed by atoms with Crippen LogP contribution in [0.3, 0.4) is 0 Å². The predicted octanol–water partition coefficient (Wildman–Crippen LogP) is 1.73. The van der Waals surface area contributed by atoms with Crippen molar-refractivity contribution in [2.24, 2.45) is 5.92 Å². The van der Waals surface area contributed by atoms with E-state index in [4.69, 9.17) is 4.18 Å². The number of benzene rings is 1. The highest BCUT2D eigenvalue weighted by molar-refractivity contribution is 7.87. The van der Waals surface area contributed by atoms with E-state index in [0.717, 1.165) is 38.8 Å². The van der Waals surface area contributed by atoms with Gasteiger partial charge < -0.3 is 9.08 Å². The molecule has 1 aromatic rings. The van der Waals surface area contributed by atoms with E-state index < -0.39 is 10.1 Å². The average Bonchev–Trinajstić information content (AvgIpc) is 3.15. The van der Waals surface area contributed by atoms with Gasteiger partial charge in [0.05, 0.1) is 5.75 Å². The number of piperazine rings is 1. The first-order valence-electron chi connectivity index (χ1n) is 9.02. The first-order chi connectivity index (χ1) is 12.0. The summed E-state index contributed by atoms with van der Waals surface area (Å²) in [7, 11) is -3.60. The van der Waals surface area contributed by atoms with E-state index in [9.17, 15) is 13.2 Å². The van der Waals surface area contributed by atoms with Gasteiger partial charge in [-0.15, -0.1) is 0 Å². The molecule has 0 bridgehead atoms. The topological polar surface area (TPSA) is 66.9 Å². The molecule has 0 N–H and O–H groups in total. The SMILES string of the molecule is O=C(C1CCCC1)N1CCN(CCS(=O)(=O)Oc2ccccc2)CC1. The summed E-state index contributed by atoms with van der Waals surface area (Å²) in [5.74, 6) is 0.802. The highest BCUT2D eigenvalue weighted by atomic mass is 32.2. The molecule has 1 saturated heterocycles. The van der Waals surface area contributed by atoms with Crippen LogP contribution in [-0.2, 0) is 14.9 Å². The zero-order valence-electron chi connectivity index (χ0n) is 14.5. The molecular formula is C18H26N2O4S. The normalized spacial score (nSPS) is 19.9. The molecule has 2 fully saturated rings. The van der Waals surface area contributed by atoms with Crippen molar-refractivity contribution >= 4 is 16.0 Å². The first-order valence-corrected chi connectivity index (χ1v) is 10.6. The molecule has 1 amide bonds. The molecule has 2 aliphatic rings. The maximum Gasteiger partial charge on any atom is 0.310 e. The van der Waals surface area contributed by atoms with Crippen LogP contribution in [0.15, 0.2) is 30.3 Å². The van der Waals surface area contributed by atoms with Crippen molar-refractivity contribution in [2.75, 3.05) is 38.5 Å². The van der Waals surface area contributed by atoms with Crippen molar-refractivity contribution < 1.29 is 17.4 Å². The van der Waals surface area contributed by atoms with Gasteiger partial charge in [0.1, 0.15) is 5.75 Å². The molecule has 1 aliphatic heterocycles. The fourth-order valence-corrected chi connectivity index (χ4v) is 4.50. The second-order valence-electron chi connectivity index (χ2n) is 6.81. The molecule has 0 spiro atoms. The van der Waals surface area contributed by atoms with Crippen molar-refractivity contribution in [3.63, 3.8) is 0 Å². The van der Waals surface area contributed by atoms with Crippen LogP contribution in [0, 0.1) is 5.92 Å². The van der Waals surface area contributed by atoms with Gasteiger partial charge in [-0.05, 0) is 25.0 Å². The molecule has 1 aromatic carbocycles. The number of para-hydroxylation sites is 1. The zero-order chi connectivity index (χ0) is 17.7. The zero-order valence-corrected chi connectivity index (χ0v) is 15.3. The van der Waals surface area contributed by atoms with E-state index in [1.54, 1.807) is 24.3 Å². The summed E-state index contributed by atoms with van der Waals surface area (Å²) in [5.41, 5.74) is 0. The fourth-order valence-electron chi connectivity index (χ4n) is 3.53. The van der Waals surface area contributed by atoms with Crippen molar-refractivity contribution in [1.82, 2.24) is 9.80 Å². The third kappa shape index (κ3) is 5.19. The van der Waals surface area contributed by atoms with Crippen molar-refractivity contribution in [1.29, 1.82) is 0 Å². The number of carbonyl (C=O) groups excluding carboxylic acids is 1. The van der Waals surface area contributed by atoms with E-state index in [0.29, 0.717) is 25.4 Å². The average molecular weight is 366 g/mol. The third-order valence-corrected chi connectivity index (χ3v) is 6.14. The smallest absolute Gasteiger partial charge is 0.310 e. The summed E-state index contributed by atoms with van der Waals surface area (Å²) in [6, 6.07) is 8.55. The minimum atomic E-state index is -3.60. The first kappa shape index (κ1) is 18.2. The lowest BCUT2D eigenvalue weighted by atomic mass is 10.1. The highest BCUT2D eigenvalue weighted by Crippen LogP contribution is 2.26. The van der Waals surface area contributed by atoms with Crippen molar-refractivity contribution in [3.8, 4) is 5.75 Å². The number of nitrogens with zero attached hydrogens (tertiary/aromatic N) is 2. The molecule has 1 aliphatic carbocycles.